The molecule has 2 heterocycles. The summed E-state index contributed by atoms with van der Waals surface area (Å²) in [4.78, 5) is 28.3. The molecule has 1 aromatic carbocycles. The molecular weight excluding hydrogens is 436 g/mol. The fourth-order valence-corrected chi connectivity index (χ4v) is 3.74. The van der Waals surface area contributed by atoms with Gasteiger partial charge in [-0.25, -0.2) is 4.79 Å². The standard InChI is InChI=1S/C21H18N4O4S2/c1-3-28-19(27)14-7-5-13(6-8-14)17-10-9-16(29-17)11-15(12-22)18(26)23-20-24-21(25-31-20)30-4-2/h5-11H,3-4H2,1-2H3,(H,23,24,25,26)/b15-11-. The average molecular weight is 455 g/mol. The molecule has 0 spiro atoms. The minimum absolute atomic E-state index is 0.126. The third-order valence-electron chi connectivity index (χ3n) is 3.86. The van der Waals surface area contributed by atoms with Gasteiger partial charge in [-0.05, 0) is 36.9 Å². The van der Waals surface area contributed by atoms with E-state index in [0.717, 1.165) is 22.8 Å². The molecule has 3 rings (SSSR count). The van der Waals surface area contributed by atoms with Gasteiger partial charge in [0.25, 0.3) is 5.91 Å². The van der Waals surface area contributed by atoms with E-state index in [0.29, 0.717) is 34.0 Å². The average Bonchev–Trinajstić information content (AvgIpc) is 3.42. The number of ether oxygens (including phenoxy) is 1. The van der Waals surface area contributed by atoms with Crippen molar-refractivity contribution >= 4 is 46.4 Å². The van der Waals surface area contributed by atoms with Crippen molar-refractivity contribution < 1.29 is 18.7 Å². The predicted octanol–water partition coefficient (Wildman–Crippen LogP) is 4.63. The van der Waals surface area contributed by atoms with Gasteiger partial charge in [-0.15, -0.1) is 0 Å². The number of nitrogens with one attached hydrogen (secondary N) is 1. The van der Waals surface area contributed by atoms with Gasteiger partial charge in [-0.1, -0.05) is 30.8 Å². The lowest BCUT2D eigenvalue weighted by Gasteiger charge is -2.02. The summed E-state index contributed by atoms with van der Waals surface area (Å²) >= 11 is 2.51. The van der Waals surface area contributed by atoms with Crippen molar-refractivity contribution in [3.8, 4) is 17.4 Å². The van der Waals surface area contributed by atoms with Crippen molar-refractivity contribution in [3.63, 3.8) is 0 Å². The monoisotopic (exact) mass is 454 g/mol. The fraction of sp³-hybridized carbons (Fsp3) is 0.190. The van der Waals surface area contributed by atoms with Gasteiger partial charge in [0.1, 0.15) is 23.2 Å². The molecule has 0 fully saturated rings. The minimum atomic E-state index is -0.594. The predicted molar refractivity (Wildman–Crippen MR) is 119 cm³/mol. The molecule has 2 aromatic heterocycles. The number of hydrogen-bond donors (Lipinski definition) is 1. The number of aromatic nitrogens is 2. The van der Waals surface area contributed by atoms with Crippen molar-refractivity contribution in [2.45, 2.75) is 19.0 Å². The maximum atomic E-state index is 12.4. The highest BCUT2D eigenvalue weighted by atomic mass is 32.2. The molecule has 0 atom stereocenters. The quantitative estimate of drug-likeness (QED) is 0.226. The van der Waals surface area contributed by atoms with E-state index >= 15 is 0 Å². The maximum Gasteiger partial charge on any atom is 0.338 e. The molecule has 31 heavy (non-hydrogen) atoms. The van der Waals surface area contributed by atoms with Gasteiger partial charge in [0, 0.05) is 23.2 Å². The number of rotatable bonds is 8. The zero-order chi connectivity index (χ0) is 22.2. The van der Waals surface area contributed by atoms with Crippen LogP contribution in [0.5, 0.6) is 0 Å². The van der Waals surface area contributed by atoms with Gasteiger partial charge < -0.3 is 9.15 Å². The smallest absolute Gasteiger partial charge is 0.338 e. The summed E-state index contributed by atoms with van der Waals surface area (Å²) < 4.78 is 14.8. The Hall–Kier alpha value is -3.42. The molecule has 1 N–H and O–H groups in total. The Morgan fingerprint density at radius 3 is 2.71 bits per heavy atom. The topological polar surface area (TPSA) is 118 Å². The first-order valence-electron chi connectivity index (χ1n) is 9.31. The Balaban J connectivity index is 1.71. The van der Waals surface area contributed by atoms with Crippen LogP contribution in [0.1, 0.15) is 30.0 Å². The molecule has 0 aliphatic carbocycles. The fourth-order valence-electron chi connectivity index (χ4n) is 2.47. The summed E-state index contributed by atoms with van der Waals surface area (Å²) in [6, 6.07) is 12.0. The minimum Gasteiger partial charge on any atom is -0.462 e. The molecule has 0 radical (unpaired) electrons. The third kappa shape index (κ3) is 5.81. The molecular formula is C21H18N4O4S2. The van der Waals surface area contributed by atoms with Crippen LogP contribution in [0.15, 0.2) is 51.5 Å². The maximum absolute atomic E-state index is 12.4. The SMILES string of the molecule is CCOC(=O)c1ccc(-c2ccc(/C=C(/C#N)C(=O)Nc3nc(SCC)ns3)o2)cc1. The van der Waals surface area contributed by atoms with Crippen molar-refractivity contribution in [2.24, 2.45) is 0 Å². The van der Waals surface area contributed by atoms with E-state index in [1.54, 1.807) is 43.3 Å². The highest BCUT2D eigenvalue weighted by Crippen LogP contribution is 2.25. The molecule has 158 valence electrons. The van der Waals surface area contributed by atoms with Crippen LogP contribution in [0.3, 0.4) is 0 Å². The van der Waals surface area contributed by atoms with Crippen LogP contribution in [0.4, 0.5) is 5.13 Å². The molecule has 8 nitrogen and oxygen atoms in total. The summed E-state index contributed by atoms with van der Waals surface area (Å²) in [5.41, 5.74) is 1.06. The molecule has 0 aliphatic heterocycles. The van der Waals surface area contributed by atoms with Crippen LogP contribution >= 0.6 is 23.3 Å². The lowest BCUT2D eigenvalue weighted by Crippen LogP contribution is -2.13. The Labute approximate surface area is 187 Å². The Morgan fingerprint density at radius 1 is 1.26 bits per heavy atom. The second kappa shape index (κ2) is 10.6. The van der Waals surface area contributed by atoms with E-state index in [1.807, 2.05) is 13.0 Å². The van der Waals surface area contributed by atoms with E-state index in [1.165, 1.54) is 17.8 Å². The third-order valence-corrected chi connectivity index (χ3v) is 5.34. The van der Waals surface area contributed by atoms with E-state index < -0.39 is 11.9 Å². The summed E-state index contributed by atoms with van der Waals surface area (Å²) in [6.45, 7) is 4.03. The normalized spacial score (nSPS) is 11.1. The molecule has 0 aliphatic rings. The largest absolute Gasteiger partial charge is 0.462 e. The van der Waals surface area contributed by atoms with Gasteiger partial charge in [0.2, 0.25) is 10.3 Å². The molecule has 0 saturated heterocycles. The molecule has 0 saturated carbocycles. The number of benzene rings is 1. The Kier molecular flexibility index (Phi) is 7.59. The zero-order valence-corrected chi connectivity index (χ0v) is 18.4. The van der Waals surface area contributed by atoms with E-state index in [4.69, 9.17) is 9.15 Å². The first-order chi connectivity index (χ1) is 15.0. The van der Waals surface area contributed by atoms with Crippen molar-refractivity contribution in [1.29, 1.82) is 5.26 Å². The number of carbonyl (C=O) groups excluding carboxylic acids is 2. The van der Waals surface area contributed by atoms with Crippen LogP contribution in [0.25, 0.3) is 17.4 Å². The molecule has 10 heteroatoms. The van der Waals surface area contributed by atoms with Gasteiger partial charge in [-0.3, -0.25) is 10.1 Å². The van der Waals surface area contributed by atoms with Crippen LogP contribution in [-0.2, 0) is 9.53 Å². The number of thioether (sulfide) groups is 1. The highest BCUT2D eigenvalue weighted by molar-refractivity contribution is 7.99. The lowest BCUT2D eigenvalue weighted by molar-refractivity contribution is -0.112. The Morgan fingerprint density at radius 2 is 2.03 bits per heavy atom. The van der Waals surface area contributed by atoms with Crippen molar-refractivity contribution in [2.75, 3.05) is 17.7 Å². The van der Waals surface area contributed by atoms with Crippen LogP contribution in [0, 0.1) is 11.3 Å². The van der Waals surface area contributed by atoms with E-state index in [2.05, 4.69) is 14.7 Å². The number of furan rings is 1. The molecule has 1 amide bonds. The van der Waals surface area contributed by atoms with Crippen molar-refractivity contribution in [1.82, 2.24) is 9.36 Å². The van der Waals surface area contributed by atoms with Gasteiger partial charge in [0.15, 0.2) is 0 Å². The summed E-state index contributed by atoms with van der Waals surface area (Å²) in [5.74, 6) is 0.710. The summed E-state index contributed by atoms with van der Waals surface area (Å²) in [6.07, 6.45) is 1.36. The zero-order valence-electron chi connectivity index (χ0n) is 16.7. The lowest BCUT2D eigenvalue weighted by atomic mass is 10.1. The number of esters is 1. The number of nitrogens with zero attached hydrogens (tertiary/aromatic N) is 3. The van der Waals surface area contributed by atoms with Crippen LogP contribution in [0.2, 0.25) is 0 Å². The highest BCUT2D eigenvalue weighted by Gasteiger charge is 2.14. The number of anilines is 1. The van der Waals surface area contributed by atoms with Crippen molar-refractivity contribution in [3.05, 3.63) is 53.3 Å². The van der Waals surface area contributed by atoms with Crippen LogP contribution < -0.4 is 5.32 Å². The summed E-state index contributed by atoms with van der Waals surface area (Å²) in [5, 5.41) is 12.8. The van der Waals surface area contributed by atoms with E-state index in [9.17, 15) is 14.9 Å². The van der Waals surface area contributed by atoms with E-state index in [-0.39, 0.29) is 5.57 Å². The number of amides is 1. The molecule has 0 unspecified atom stereocenters. The van der Waals surface area contributed by atoms with Gasteiger partial charge >= 0.3 is 5.97 Å². The first kappa shape index (κ1) is 22.3. The Bertz CT molecular complexity index is 1140. The number of carbonyl (C=O) groups is 2. The second-order valence-electron chi connectivity index (χ2n) is 5.94. The second-order valence-corrected chi connectivity index (χ2v) is 7.92. The van der Waals surface area contributed by atoms with Crippen LogP contribution in [-0.4, -0.2) is 33.6 Å². The van der Waals surface area contributed by atoms with Gasteiger partial charge in [-0.2, -0.15) is 14.6 Å². The molecule has 0 bridgehead atoms. The molecule has 3 aromatic rings. The number of nitriles is 1. The first-order valence-corrected chi connectivity index (χ1v) is 11.1. The number of hydrogen-bond acceptors (Lipinski definition) is 9. The van der Waals surface area contributed by atoms with Gasteiger partial charge in [0.05, 0.1) is 12.2 Å². The summed E-state index contributed by atoms with van der Waals surface area (Å²) in [7, 11) is 0.